The van der Waals surface area contributed by atoms with E-state index in [1.807, 2.05) is 6.92 Å². The van der Waals surface area contributed by atoms with Crippen LogP contribution in [0, 0.1) is 11.6 Å². The molecule has 7 heteroatoms. The van der Waals surface area contributed by atoms with Crippen molar-refractivity contribution in [2.45, 2.75) is 25.9 Å². The van der Waals surface area contributed by atoms with Crippen molar-refractivity contribution in [1.82, 2.24) is 5.32 Å². The Balaban J connectivity index is 2.06. The van der Waals surface area contributed by atoms with Crippen molar-refractivity contribution in [1.29, 1.82) is 0 Å². The predicted octanol–water partition coefficient (Wildman–Crippen LogP) is 4.95. The van der Waals surface area contributed by atoms with Crippen LogP contribution in [-0.2, 0) is 4.79 Å². The Hall–Kier alpha value is -1.69. The fourth-order valence-electron chi connectivity index (χ4n) is 2.24. The topological polar surface area (TPSA) is 41.1 Å². The summed E-state index contributed by atoms with van der Waals surface area (Å²) >= 11 is 12.0. The van der Waals surface area contributed by atoms with E-state index >= 15 is 0 Å². The molecule has 0 bridgehead atoms. The molecule has 0 aliphatic carbocycles. The summed E-state index contributed by atoms with van der Waals surface area (Å²) < 4.78 is 27.2. The van der Waals surface area contributed by atoms with E-state index in [1.54, 1.807) is 25.1 Å². The lowest BCUT2D eigenvalue weighted by Crippen LogP contribution is -2.39. The van der Waals surface area contributed by atoms with E-state index in [4.69, 9.17) is 23.2 Å². The minimum atomic E-state index is -0.829. The van der Waals surface area contributed by atoms with E-state index in [1.165, 1.54) is 6.07 Å². The molecule has 2 N–H and O–H groups in total. The maximum absolute atomic E-state index is 13.6. The molecule has 0 aliphatic rings. The molecule has 24 heavy (non-hydrogen) atoms. The normalized spacial score (nSPS) is 13.4. The van der Waals surface area contributed by atoms with E-state index in [9.17, 15) is 13.6 Å². The largest absolute Gasteiger partial charge is 0.320 e. The highest BCUT2D eigenvalue weighted by Gasteiger charge is 2.20. The van der Waals surface area contributed by atoms with Crippen molar-refractivity contribution in [3.8, 4) is 0 Å². The summed E-state index contributed by atoms with van der Waals surface area (Å²) in [5, 5.41) is 6.26. The Bertz CT molecular complexity index is 735. The molecular weight excluding hydrogens is 357 g/mol. The summed E-state index contributed by atoms with van der Waals surface area (Å²) in [5.74, 6) is -2.22. The van der Waals surface area contributed by atoms with Gasteiger partial charge in [0.1, 0.15) is 17.3 Å². The number of para-hydroxylation sites is 1. The van der Waals surface area contributed by atoms with Crippen LogP contribution in [-0.4, -0.2) is 11.9 Å². The second-order valence-corrected chi connectivity index (χ2v) is 6.21. The summed E-state index contributed by atoms with van der Waals surface area (Å²) in [6, 6.07) is 7.47. The smallest absolute Gasteiger partial charge is 0.241 e. The van der Waals surface area contributed by atoms with Gasteiger partial charge >= 0.3 is 0 Å². The van der Waals surface area contributed by atoms with Crippen LogP contribution in [0.2, 0.25) is 10.0 Å². The fraction of sp³-hybridized carbons (Fsp3) is 0.235. The zero-order valence-corrected chi connectivity index (χ0v) is 14.6. The number of nitrogens with one attached hydrogen (secondary N) is 2. The highest BCUT2D eigenvalue weighted by molar-refractivity contribution is 6.35. The van der Waals surface area contributed by atoms with Crippen LogP contribution in [0.5, 0.6) is 0 Å². The summed E-state index contributed by atoms with van der Waals surface area (Å²) in [6.45, 7) is 3.41. The fourth-order valence-corrected chi connectivity index (χ4v) is 2.81. The zero-order valence-electron chi connectivity index (χ0n) is 13.0. The van der Waals surface area contributed by atoms with Crippen LogP contribution in [0.1, 0.15) is 25.5 Å². The van der Waals surface area contributed by atoms with Crippen LogP contribution in [0.25, 0.3) is 0 Å². The minimum Gasteiger partial charge on any atom is -0.320 e. The first kappa shape index (κ1) is 18.6. The average molecular weight is 373 g/mol. The highest BCUT2D eigenvalue weighted by atomic mass is 35.5. The van der Waals surface area contributed by atoms with E-state index in [-0.39, 0.29) is 6.04 Å². The molecule has 0 radical (unpaired) electrons. The van der Waals surface area contributed by atoms with E-state index in [0.717, 1.165) is 17.7 Å². The number of anilines is 1. The average Bonchev–Trinajstić information content (AvgIpc) is 2.50. The van der Waals surface area contributed by atoms with Gasteiger partial charge in [-0.3, -0.25) is 10.1 Å². The molecule has 0 aliphatic heterocycles. The monoisotopic (exact) mass is 372 g/mol. The van der Waals surface area contributed by atoms with Gasteiger partial charge in [0.15, 0.2) is 0 Å². The number of hydrogen-bond donors (Lipinski definition) is 2. The van der Waals surface area contributed by atoms with Crippen molar-refractivity contribution in [3.05, 3.63) is 63.6 Å². The Morgan fingerprint density at radius 1 is 1.08 bits per heavy atom. The number of amides is 1. The zero-order chi connectivity index (χ0) is 17.9. The molecule has 2 aromatic carbocycles. The van der Waals surface area contributed by atoms with Crippen molar-refractivity contribution in [2.75, 3.05) is 5.32 Å². The molecule has 0 saturated heterocycles. The molecule has 2 aromatic rings. The van der Waals surface area contributed by atoms with Crippen molar-refractivity contribution in [2.24, 2.45) is 0 Å². The van der Waals surface area contributed by atoms with Gasteiger partial charge in [-0.15, -0.1) is 0 Å². The van der Waals surface area contributed by atoms with E-state index in [2.05, 4.69) is 10.6 Å². The molecular formula is C17H16Cl2F2N2O. The number of benzene rings is 2. The first-order valence-electron chi connectivity index (χ1n) is 7.25. The SMILES string of the molecule is CC(NC(C)c1ccc(Cl)cc1Cl)C(=O)Nc1c(F)cccc1F. The van der Waals surface area contributed by atoms with Gasteiger partial charge in [0.05, 0.1) is 6.04 Å². The number of hydrogen-bond acceptors (Lipinski definition) is 2. The number of carbonyl (C=O) groups is 1. The lowest BCUT2D eigenvalue weighted by molar-refractivity contribution is -0.118. The Labute approximate surface area is 149 Å². The van der Waals surface area contributed by atoms with Gasteiger partial charge in [-0.25, -0.2) is 8.78 Å². The van der Waals surface area contributed by atoms with Gasteiger partial charge in [-0.05, 0) is 43.7 Å². The molecule has 2 rings (SSSR count). The van der Waals surface area contributed by atoms with E-state index < -0.39 is 29.3 Å². The third kappa shape index (κ3) is 4.44. The Morgan fingerprint density at radius 2 is 1.71 bits per heavy atom. The second kappa shape index (κ2) is 7.92. The summed E-state index contributed by atoms with van der Waals surface area (Å²) in [6.07, 6.45) is 0. The minimum absolute atomic E-state index is 0.263. The lowest BCUT2D eigenvalue weighted by atomic mass is 10.1. The molecule has 2 atom stereocenters. The number of halogens is 4. The number of carbonyl (C=O) groups excluding carboxylic acids is 1. The van der Waals surface area contributed by atoms with Gasteiger partial charge in [0, 0.05) is 16.1 Å². The Morgan fingerprint density at radius 3 is 2.29 bits per heavy atom. The molecule has 128 valence electrons. The molecule has 0 saturated carbocycles. The molecule has 3 nitrogen and oxygen atoms in total. The molecule has 0 aromatic heterocycles. The summed E-state index contributed by atoms with van der Waals surface area (Å²) in [4.78, 5) is 12.2. The van der Waals surface area contributed by atoms with Gasteiger partial charge in [0.25, 0.3) is 0 Å². The van der Waals surface area contributed by atoms with Crippen LogP contribution in [0.15, 0.2) is 36.4 Å². The van der Waals surface area contributed by atoms with Crippen LogP contribution in [0.4, 0.5) is 14.5 Å². The maximum Gasteiger partial charge on any atom is 0.241 e. The van der Waals surface area contributed by atoms with Crippen LogP contribution >= 0.6 is 23.2 Å². The molecule has 0 fully saturated rings. The molecule has 1 amide bonds. The lowest BCUT2D eigenvalue weighted by Gasteiger charge is -2.21. The molecule has 2 unspecified atom stereocenters. The van der Waals surface area contributed by atoms with Crippen LogP contribution in [0.3, 0.4) is 0 Å². The second-order valence-electron chi connectivity index (χ2n) is 5.36. The van der Waals surface area contributed by atoms with Gasteiger partial charge in [0.2, 0.25) is 5.91 Å². The van der Waals surface area contributed by atoms with Gasteiger partial charge < -0.3 is 5.32 Å². The Kier molecular flexibility index (Phi) is 6.15. The number of rotatable bonds is 5. The maximum atomic E-state index is 13.6. The third-order valence-electron chi connectivity index (χ3n) is 3.53. The predicted molar refractivity (Wildman–Crippen MR) is 92.5 cm³/mol. The van der Waals surface area contributed by atoms with Gasteiger partial charge in [-0.2, -0.15) is 0 Å². The van der Waals surface area contributed by atoms with E-state index in [0.29, 0.717) is 10.0 Å². The molecule has 0 spiro atoms. The van der Waals surface area contributed by atoms with Crippen molar-refractivity contribution in [3.63, 3.8) is 0 Å². The standard InChI is InChI=1S/C17H16Cl2F2N2O/c1-9(12-7-6-11(18)8-13(12)19)22-10(2)17(24)23-16-14(20)4-3-5-15(16)21/h3-10,22H,1-2H3,(H,23,24). The summed E-state index contributed by atoms with van der Waals surface area (Å²) in [5.41, 5.74) is 0.297. The van der Waals surface area contributed by atoms with Crippen molar-refractivity contribution < 1.29 is 13.6 Å². The first-order chi connectivity index (χ1) is 11.3. The quantitative estimate of drug-likeness (QED) is 0.779. The van der Waals surface area contributed by atoms with Crippen molar-refractivity contribution >= 4 is 34.8 Å². The first-order valence-corrected chi connectivity index (χ1v) is 8.01. The third-order valence-corrected chi connectivity index (χ3v) is 4.10. The molecule has 0 heterocycles. The summed E-state index contributed by atoms with van der Waals surface area (Å²) in [7, 11) is 0. The van der Waals surface area contributed by atoms with Gasteiger partial charge in [-0.1, -0.05) is 35.3 Å². The van der Waals surface area contributed by atoms with Crippen LogP contribution < -0.4 is 10.6 Å². The highest BCUT2D eigenvalue weighted by Crippen LogP contribution is 2.26.